The molecule has 11 nitrogen and oxygen atoms in total. The lowest BCUT2D eigenvalue weighted by atomic mass is 10.2. The predicted molar refractivity (Wildman–Crippen MR) is 110 cm³/mol. The number of amides is 1. The molecule has 0 aliphatic heterocycles. The van der Waals surface area contributed by atoms with Gasteiger partial charge >= 0.3 is 6.09 Å². The van der Waals surface area contributed by atoms with Gasteiger partial charge in [0.05, 0.1) is 23.3 Å². The summed E-state index contributed by atoms with van der Waals surface area (Å²) in [5, 5.41) is 10.6. The number of nitrogens with one attached hydrogen (secondary N) is 2. The Labute approximate surface area is 173 Å². The van der Waals surface area contributed by atoms with Crippen LogP contribution < -0.4 is 10.0 Å². The van der Waals surface area contributed by atoms with E-state index in [9.17, 15) is 13.2 Å². The summed E-state index contributed by atoms with van der Waals surface area (Å²) in [6.45, 7) is 3.39. The fourth-order valence-corrected chi connectivity index (χ4v) is 3.26. The molecular weight excluding hydrogens is 410 g/mol. The third-order valence-electron chi connectivity index (χ3n) is 4.11. The van der Waals surface area contributed by atoms with Crippen LogP contribution in [0.3, 0.4) is 0 Å². The summed E-state index contributed by atoms with van der Waals surface area (Å²) in [7, 11) is -1.82. The van der Waals surface area contributed by atoms with Crippen LogP contribution in [-0.2, 0) is 21.8 Å². The maximum absolute atomic E-state index is 12.4. The van der Waals surface area contributed by atoms with Gasteiger partial charge in [-0.05, 0) is 32.0 Å². The van der Waals surface area contributed by atoms with Crippen LogP contribution in [-0.4, -0.2) is 45.7 Å². The third kappa shape index (κ3) is 5.08. The second kappa shape index (κ2) is 8.45. The summed E-state index contributed by atoms with van der Waals surface area (Å²) in [5.41, 5.74) is 2.28. The van der Waals surface area contributed by atoms with Gasteiger partial charge < -0.3 is 4.74 Å². The molecule has 0 saturated carbocycles. The van der Waals surface area contributed by atoms with Gasteiger partial charge in [-0.15, -0.1) is 5.10 Å². The fraction of sp³-hybridized carbons (Fsp3) is 0.278. The Morgan fingerprint density at radius 1 is 1.27 bits per heavy atom. The zero-order valence-corrected chi connectivity index (χ0v) is 17.6. The van der Waals surface area contributed by atoms with E-state index in [4.69, 9.17) is 4.74 Å². The van der Waals surface area contributed by atoms with Crippen LogP contribution in [0.1, 0.15) is 24.3 Å². The van der Waals surface area contributed by atoms with Crippen molar-refractivity contribution in [1.82, 2.24) is 25.0 Å². The van der Waals surface area contributed by atoms with Crippen LogP contribution in [0.25, 0.3) is 11.4 Å². The quantitative estimate of drug-likeness (QED) is 0.605. The second-order valence-corrected chi connectivity index (χ2v) is 8.32. The van der Waals surface area contributed by atoms with E-state index >= 15 is 0 Å². The minimum Gasteiger partial charge on any atom is -0.441 e. The molecule has 158 valence electrons. The number of anilines is 2. The summed E-state index contributed by atoms with van der Waals surface area (Å²) in [6.07, 6.45) is 3.11. The number of sulfonamides is 1. The monoisotopic (exact) mass is 431 g/mol. The first-order chi connectivity index (χ1) is 14.1. The summed E-state index contributed by atoms with van der Waals surface area (Å²) in [5.74, 6) is 0.286. The second-order valence-electron chi connectivity index (χ2n) is 6.57. The predicted octanol–water partition coefficient (Wildman–Crippen LogP) is 2.26. The van der Waals surface area contributed by atoms with Gasteiger partial charge in [0.15, 0.2) is 11.5 Å². The molecule has 1 atom stereocenters. The SMILES string of the molecule is Cc1nc(-c2nnn(C)c2NC(=O)O[C@H](C)c2cccnc2)ccc1NS(C)(=O)=O. The number of nitrogens with zero attached hydrogens (tertiary/aromatic N) is 5. The molecule has 0 aromatic carbocycles. The van der Waals surface area contributed by atoms with E-state index in [1.807, 2.05) is 0 Å². The molecule has 0 saturated heterocycles. The molecule has 0 aliphatic rings. The van der Waals surface area contributed by atoms with E-state index in [1.165, 1.54) is 4.68 Å². The largest absolute Gasteiger partial charge is 0.441 e. The van der Waals surface area contributed by atoms with Gasteiger partial charge in [-0.1, -0.05) is 11.3 Å². The molecule has 3 heterocycles. The summed E-state index contributed by atoms with van der Waals surface area (Å²) >= 11 is 0. The van der Waals surface area contributed by atoms with Gasteiger partial charge in [-0.2, -0.15) is 0 Å². The topological polar surface area (TPSA) is 141 Å². The first-order valence-electron chi connectivity index (χ1n) is 8.87. The summed E-state index contributed by atoms with van der Waals surface area (Å²) in [4.78, 5) is 20.8. The molecular formula is C18H21N7O4S. The van der Waals surface area contributed by atoms with Gasteiger partial charge in [0.25, 0.3) is 0 Å². The lowest BCUT2D eigenvalue weighted by Gasteiger charge is -2.14. The smallest absolute Gasteiger partial charge is 0.413 e. The van der Waals surface area contributed by atoms with Crippen molar-refractivity contribution in [2.24, 2.45) is 7.05 Å². The van der Waals surface area contributed by atoms with Crippen molar-refractivity contribution in [2.45, 2.75) is 20.0 Å². The molecule has 3 rings (SSSR count). The molecule has 0 spiro atoms. The van der Waals surface area contributed by atoms with Crippen LogP contribution in [0.4, 0.5) is 16.3 Å². The highest BCUT2D eigenvalue weighted by atomic mass is 32.2. The van der Waals surface area contributed by atoms with Crippen molar-refractivity contribution in [3.05, 3.63) is 47.9 Å². The maximum atomic E-state index is 12.4. The molecule has 0 bridgehead atoms. The van der Waals surface area contributed by atoms with E-state index in [-0.39, 0.29) is 5.82 Å². The number of aromatic nitrogens is 5. The number of carbonyl (C=O) groups is 1. The lowest BCUT2D eigenvalue weighted by Crippen LogP contribution is -2.18. The lowest BCUT2D eigenvalue weighted by molar-refractivity contribution is 0.121. The van der Waals surface area contributed by atoms with Crippen LogP contribution in [0.15, 0.2) is 36.7 Å². The van der Waals surface area contributed by atoms with Crippen molar-refractivity contribution in [1.29, 1.82) is 0 Å². The van der Waals surface area contributed by atoms with Gasteiger partial charge in [-0.25, -0.2) is 22.9 Å². The molecule has 3 aromatic rings. The van der Waals surface area contributed by atoms with Crippen molar-refractivity contribution < 1.29 is 17.9 Å². The summed E-state index contributed by atoms with van der Waals surface area (Å²) < 4.78 is 32.1. The van der Waals surface area contributed by atoms with Gasteiger partial charge in [0, 0.05) is 25.0 Å². The molecule has 3 aromatic heterocycles. The Morgan fingerprint density at radius 3 is 2.67 bits per heavy atom. The average Bonchev–Trinajstić information content (AvgIpc) is 3.03. The minimum absolute atomic E-state index is 0.286. The Bertz CT molecular complexity index is 1160. The fourth-order valence-electron chi connectivity index (χ4n) is 2.64. The molecule has 12 heteroatoms. The Balaban J connectivity index is 1.80. The number of ether oxygens (including phenoxy) is 1. The van der Waals surface area contributed by atoms with E-state index in [0.29, 0.717) is 22.8 Å². The minimum atomic E-state index is -3.43. The van der Waals surface area contributed by atoms with Crippen molar-refractivity contribution >= 4 is 27.6 Å². The Morgan fingerprint density at radius 2 is 2.03 bits per heavy atom. The first kappa shape index (κ1) is 21.2. The highest BCUT2D eigenvalue weighted by Crippen LogP contribution is 2.27. The highest BCUT2D eigenvalue weighted by Gasteiger charge is 2.20. The zero-order chi connectivity index (χ0) is 21.9. The van der Waals surface area contributed by atoms with Gasteiger partial charge in [0.1, 0.15) is 6.10 Å². The van der Waals surface area contributed by atoms with Crippen LogP contribution in [0.5, 0.6) is 0 Å². The number of carbonyl (C=O) groups excluding carboxylic acids is 1. The van der Waals surface area contributed by atoms with Crippen molar-refractivity contribution in [2.75, 3.05) is 16.3 Å². The molecule has 30 heavy (non-hydrogen) atoms. The average molecular weight is 431 g/mol. The van der Waals surface area contributed by atoms with E-state index in [1.54, 1.807) is 57.6 Å². The number of hydrogen-bond acceptors (Lipinski definition) is 8. The van der Waals surface area contributed by atoms with Gasteiger partial charge in [-0.3, -0.25) is 15.0 Å². The Kier molecular flexibility index (Phi) is 5.96. The zero-order valence-electron chi connectivity index (χ0n) is 16.8. The molecule has 0 unspecified atom stereocenters. The number of rotatable bonds is 6. The number of hydrogen-bond donors (Lipinski definition) is 2. The van der Waals surface area contributed by atoms with E-state index in [2.05, 4.69) is 30.3 Å². The van der Waals surface area contributed by atoms with Crippen LogP contribution >= 0.6 is 0 Å². The molecule has 2 N–H and O–H groups in total. The molecule has 0 fully saturated rings. The molecule has 1 amide bonds. The number of aryl methyl sites for hydroxylation is 2. The standard InChI is InChI=1S/C18H21N7O4S/c1-11-14(23-30(4,27)28)7-8-15(20-11)16-17(25(3)24-22-16)21-18(26)29-12(2)13-6-5-9-19-10-13/h5-10,12,23H,1-4H3,(H,21,26)/t12-/m1/s1. The molecule has 0 radical (unpaired) electrons. The van der Waals surface area contributed by atoms with Crippen molar-refractivity contribution in [3.63, 3.8) is 0 Å². The normalized spacial score (nSPS) is 12.3. The first-order valence-corrected chi connectivity index (χ1v) is 10.8. The molecule has 0 aliphatic carbocycles. The van der Waals surface area contributed by atoms with E-state index < -0.39 is 22.2 Å². The van der Waals surface area contributed by atoms with Crippen LogP contribution in [0, 0.1) is 6.92 Å². The Hall–Kier alpha value is -3.54. The van der Waals surface area contributed by atoms with Gasteiger partial charge in [0.2, 0.25) is 10.0 Å². The number of pyridine rings is 2. The summed E-state index contributed by atoms with van der Waals surface area (Å²) in [6, 6.07) is 6.71. The van der Waals surface area contributed by atoms with E-state index in [0.717, 1.165) is 11.8 Å². The maximum Gasteiger partial charge on any atom is 0.413 e. The third-order valence-corrected chi connectivity index (χ3v) is 4.70. The van der Waals surface area contributed by atoms with Crippen LogP contribution in [0.2, 0.25) is 0 Å². The highest BCUT2D eigenvalue weighted by molar-refractivity contribution is 7.92. The van der Waals surface area contributed by atoms with Crippen molar-refractivity contribution in [3.8, 4) is 11.4 Å².